The van der Waals surface area contributed by atoms with Gasteiger partial charge < -0.3 is 15.4 Å². The van der Waals surface area contributed by atoms with Crippen LogP contribution in [-0.4, -0.2) is 28.1 Å². The molecule has 1 aliphatic rings. The highest BCUT2D eigenvalue weighted by molar-refractivity contribution is 7.13. The van der Waals surface area contributed by atoms with Crippen molar-refractivity contribution in [1.29, 1.82) is 0 Å². The Bertz CT molecular complexity index is 1080. The second-order valence-corrected chi connectivity index (χ2v) is 9.09. The van der Waals surface area contributed by atoms with Gasteiger partial charge in [-0.1, -0.05) is 48.3 Å². The van der Waals surface area contributed by atoms with E-state index in [0.29, 0.717) is 27.0 Å². The third kappa shape index (κ3) is 6.05. The Kier molecular flexibility index (Phi) is 7.34. The SMILES string of the molecule is O=C(NC1CCCCC1)c1cccc(NC(=O)c2nnc(COc3ccc(Cl)cc3)s2)c1. The molecular formula is C23H23ClN4O3S. The van der Waals surface area contributed by atoms with Crippen LogP contribution in [0.3, 0.4) is 0 Å². The molecule has 0 aliphatic heterocycles. The highest BCUT2D eigenvalue weighted by Crippen LogP contribution is 2.20. The number of hydrogen-bond donors (Lipinski definition) is 2. The van der Waals surface area contributed by atoms with Crippen molar-refractivity contribution in [3.63, 3.8) is 0 Å². The standard InChI is InChI=1S/C23H23ClN4O3S/c24-16-9-11-19(12-10-16)31-14-20-27-28-23(32-20)22(30)26-18-8-4-5-15(13-18)21(29)25-17-6-2-1-3-7-17/h4-5,8-13,17H,1-3,6-7,14H2,(H,25,29)(H,26,30). The number of hydrogen-bond acceptors (Lipinski definition) is 6. The molecule has 3 aromatic rings. The molecular weight excluding hydrogens is 448 g/mol. The van der Waals surface area contributed by atoms with Gasteiger partial charge in [0.05, 0.1) is 0 Å². The molecule has 2 aromatic carbocycles. The number of rotatable bonds is 7. The third-order valence-corrected chi connectivity index (χ3v) is 6.31. The van der Waals surface area contributed by atoms with Crippen LogP contribution < -0.4 is 15.4 Å². The number of nitrogens with one attached hydrogen (secondary N) is 2. The zero-order valence-corrected chi connectivity index (χ0v) is 18.9. The summed E-state index contributed by atoms with van der Waals surface area (Å²) in [5.74, 6) is 0.148. The van der Waals surface area contributed by atoms with Crippen LogP contribution in [-0.2, 0) is 6.61 Å². The Hall–Kier alpha value is -2.97. The van der Waals surface area contributed by atoms with Crippen molar-refractivity contribution in [2.24, 2.45) is 0 Å². The molecule has 9 heteroatoms. The summed E-state index contributed by atoms with van der Waals surface area (Å²) in [5.41, 5.74) is 1.04. The molecule has 1 heterocycles. The molecule has 1 aromatic heterocycles. The van der Waals surface area contributed by atoms with E-state index >= 15 is 0 Å². The number of amides is 2. The lowest BCUT2D eigenvalue weighted by atomic mass is 9.95. The maximum atomic E-state index is 12.6. The molecule has 4 rings (SSSR count). The Labute approximate surface area is 195 Å². The van der Waals surface area contributed by atoms with E-state index in [1.54, 1.807) is 48.5 Å². The van der Waals surface area contributed by atoms with Crippen LogP contribution in [0.15, 0.2) is 48.5 Å². The lowest BCUT2D eigenvalue weighted by molar-refractivity contribution is 0.0926. The predicted octanol–water partition coefficient (Wildman–Crippen LogP) is 5.09. The zero-order chi connectivity index (χ0) is 22.3. The smallest absolute Gasteiger partial charge is 0.286 e. The van der Waals surface area contributed by atoms with E-state index in [-0.39, 0.29) is 29.5 Å². The first-order valence-corrected chi connectivity index (χ1v) is 11.7. The van der Waals surface area contributed by atoms with E-state index in [1.165, 1.54) is 6.42 Å². The summed E-state index contributed by atoms with van der Waals surface area (Å²) < 4.78 is 5.64. The molecule has 0 bridgehead atoms. The summed E-state index contributed by atoms with van der Waals surface area (Å²) in [4.78, 5) is 25.1. The first kappa shape index (κ1) is 22.2. The van der Waals surface area contributed by atoms with Crippen molar-refractivity contribution in [3.05, 3.63) is 69.1 Å². The Morgan fingerprint density at radius 1 is 1.03 bits per heavy atom. The summed E-state index contributed by atoms with van der Waals surface area (Å²) in [6.45, 7) is 0.198. The number of anilines is 1. The molecule has 2 amide bonds. The van der Waals surface area contributed by atoms with E-state index in [4.69, 9.17) is 16.3 Å². The summed E-state index contributed by atoms with van der Waals surface area (Å²) in [5, 5.41) is 15.3. The van der Waals surface area contributed by atoms with Gasteiger partial charge in [0.15, 0.2) is 5.01 Å². The van der Waals surface area contributed by atoms with Gasteiger partial charge in [-0.25, -0.2) is 0 Å². The van der Waals surface area contributed by atoms with Gasteiger partial charge in [0, 0.05) is 22.3 Å². The number of carbonyl (C=O) groups is 2. The van der Waals surface area contributed by atoms with Gasteiger partial charge in [0.2, 0.25) is 5.01 Å². The average Bonchev–Trinajstić information content (AvgIpc) is 3.29. The second-order valence-electron chi connectivity index (χ2n) is 7.59. The third-order valence-electron chi connectivity index (χ3n) is 5.16. The van der Waals surface area contributed by atoms with Gasteiger partial charge in [-0.05, 0) is 55.3 Å². The van der Waals surface area contributed by atoms with E-state index in [1.807, 2.05) is 0 Å². The van der Waals surface area contributed by atoms with Crippen molar-refractivity contribution in [1.82, 2.24) is 15.5 Å². The topological polar surface area (TPSA) is 93.2 Å². The quantitative estimate of drug-likeness (QED) is 0.502. The van der Waals surface area contributed by atoms with Gasteiger partial charge in [-0.15, -0.1) is 10.2 Å². The van der Waals surface area contributed by atoms with Gasteiger partial charge in [0.25, 0.3) is 11.8 Å². The first-order valence-electron chi connectivity index (χ1n) is 10.5. The van der Waals surface area contributed by atoms with Crippen LogP contribution in [0.5, 0.6) is 5.75 Å². The van der Waals surface area contributed by atoms with Gasteiger partial charge in [-0.2, -0.15) is 0 Å². The fourth-order valence-electron chi connectivity index (χ4n) is 3.52. The largest absolute Gasteiger partial charge is 0.486 e. The molecule has 0 spiro atoms. The molecule has 0 atom stereocenters. The minimum Gasteiger partial charge on any atom is -0.486 e. The van der Waals surface area contributed by atoms with Gasteiger partial charge >= 0.3 is 0 Å². The van der Waals surface area contributed by atoms with E-state index < -0.39 is 0 Å². The van der Waals surface area contributed by atoms with Crippen LogP contribution in [0, 0.1) is 0 Å². The molecule has 1 saturated carbocycles. The predicted molar refractivity (Wildman–Crippen MR) is 124 cm³/mol. The number of nitrogens with zero attached hydrogens (tertiary/aromatic N) is 2. The van der Waals surface area contributed by atoms with Crippen LogP contribution in [0.1, 0.15) is 57.3 Å². The van der Waals surface area contributed by atoms with E-state index in [2.05, 4.69) is 20.8 Å². The number of benzene rings is 2. The second kappa shape index (κ2) is 10.6. The highest BCUT2D eigenvalue weighted by Gasteiger charge is 2.18. The van der Waals surface area contributed by atoms with Gasteiger partial charge in [-0.3, -0.25) is 9.59 Å². The summed E-state index contributed by atoms with van der Waals surface area (Å²) >= 11 is 7.01. The van der Waals surface area contributed by atoms with Crippen LogP contribution in [0.2, 0.25) is 5.02 Å². The van der Waals surface area contributed by atoms with Crippen LogP contribution >= 0.6 is 22.9 Å². The lowest BCUT2D eigenvalue weighted by Crippen LogP contribution is -2.36. The van der Waals surface area contributed by atoms with Crippen molar-refractivity contribution in [3.8, 4) is 5.75 Å². The van der Waals surface area contributed by atoms with E-state index in [9.17, 15) is 9.59 Å². The molecule has 32 heavy (non-hydrogen) atoms. The molecule has 1 fully saturated rings. The van der Waals surface area contributed by atoms with Crippen LogP contribution in [0.25, 0.3) is 0 Å². The number of ether oxygens (including phenoxy) is 1. The number of carbonyl (C=O) groups excluding carboxylic acids is 2. The molecule has 2 N–H and O–H groups in total. The molecule has 166 valence electrons. The Morgan fingerprint density at radius 2 is 1.81 bits per heavy atom. The van der Waals surface area contributed by atoms with Gasteiger partial charge in [0.1, 0.15) is 12.4 Å². The van der Waals surface area contributed by atoms with Crippen molar-refractivity contribution in [2.75, 3.05) is 5.32 Å². The van der Waals surface area contributed by atoms with Crippen molar-refractivity contribution in [2.45, 2.75) is 44.8 Å². The molecule has 1 aliphatic carbocycles. The maximum Gasteiger partial charge on any atom is 0.286 e. The molecule has 0 saturated heterocycles. The Balaban J connectivity index is 1.33. The first-order chi connectivity index (χ1) is 15.6. The van der Waals surface area contributed by atoms with Crippen molar-refractivity contribution >= 4 is 40.4 Å². The maximum absolute atomic E-state index is 12.6. The van der Waals surface area contributed by atoms with Crippen molar-refractivity contribution < 1.29 is 14.3 Å². The van der Waals surface area contributed by atoms with Crippen LogP contribution in [0.4, 0.5) is 5.69 Å². The molecule has 0 radical (unpaired) electrons. The number of halogens is 1. The fraction of sp³-hybridized carbons (Fsp3) is 0.304. The minimum absolute atomic E-state index is 0.120. The summed E-state index contributed by atoms with van der Waals surface area (Å²) in [6, 6.07) is 14.1. The number of aromatic nitrogens is 2. The Morgan fingerprint density at radius 3 is 2.59 bits per heavy atom. The lowest BCUT2D eigenvalue weighted by Gasteiger charge is -2.22. The highest BCUT2D eigenvalue weighted by atomic mass is 35.5. The minimum atomic E-state index is -0.384. The van der Waals surface area contributed by atoms with E-state index in [0.717, 1.165) is 37.0 Å². The molecule has 0 unspecified atom stereocenters. The monoisotopic (exact) mass is 470 g/mol. The zero-order valence-electron chi connectivity index (χ0n) is 17.3. The summed E-state index contributed by atoms with van der Waals surface area (Å²) in [7, 11) is 0. The fourth-order valence-corrected chi connectivity index (χ4v) is 4.29. The normalized spacial score (nSPS) is 14.0. The average molecular weight is 471 g/mol. The summed E-state index contributed by atoms with van der Waals surface area (Å²) in [6.07, 6.45) is 5.56. The molecule has 7 nitrogen and oxygen atoms in total.